The van der Waals surface area contributed by atoms with E-state index >= 15 is 0 Å². The predicted molar refractivity (Wildman–Crippen MR) is 96.0 cm³/mol. The van der Waals surface area contributed by atoms with Gasteiger partial charge in [0.25, 0.3) is 0 Å². The highest BCUT2D eigenvalue weighted by Crippen LogP contribution is 2.27. The van der Waals surface area contributed by atoms with Crippen LogP contribution in [0, 0.1) is 0 Å². The van der Waals surface area contributed by atoms with Gasteiger partial charge in [-0.2, -0.15) is 8.78 Å². The molecule has 2 rings (SSSR count). The van der Waals surface area contributed by atoms with Crippen molar-refractivity contribution >= 4 is 5.78 Å². The molecule has 2 aromatic rings. The fourth-order valence-electron chi connectivity index (χ4n) is 2.50. The second-order valence-corrected chi connectivity index (χ2v) is 6.14. The van der Waals surface area contributed by atoms with E-state index in [1.807, 2.05) is 48.5 Å². The lowest BCUT2D eigenvalue weighted by molar-refractivity contribution is -0.170. The van der Waals surface area contributed by atoms with Crippen LogP contribution >= 0.6 is 0 Å². The number of benzene rings is 2. The third kappa shape index (κ3) is 6.32. The number of ketones is 1. The lowest BCUT2D eigenvalue weighted by atomic mass is 10.0. The first-order chi connectivity index (χ1) is 12.5. The van der Waals surface area contributed by atoms with Crippen LogP contribution in [-0.2, 0) is 27.5 Å². The topological polar surface area (TPSA) is 35.5 Å². The highest BCUT2D eigenvalue weighted by molar-refractivity contribution is 5.83. The van der Waals surface area contributed by atoms with Gasteiger partial charge in [-0.3, -0.25) is 4.79 Å². The Bertz CT molecular complexity index is 659. The summed E-state index contributed by atoms with van der Waals surface area (Å²) >= 11 is 0. The summed E-state index contributed by atoms with van der Waals surface area (Å²) in [4.78, 5) is 11.3. The van der Waals surface area contributed by atoms with Crippen LogP contribution in [0.2, 0.25) is 0 Å². The lowest BCUT2D eigenvalue weighted by Crippen LogP contribution is -2.42. The molecule has 0 saturated carbocycles. The molecule has 5 heteroatoms. The molecular weight excluding hydrogens is 338 g/mol. The first kappa shape index (κ1) is 20.2. The molecule has 1 unspecified atom stereocenters. The Labute approximate surface area is 152 Å². The molecular formula is C21H24F2O3. The quantitative estimate of drug-likeness (QED) is 0.539. The first-order valence-electron chi connectivity index (χ1n) is 8.66. The summed E-state index contributed by atoms with van der Waals surface area (Å²) in [5.41, 5.74) is 1.82. The van der Waals surface area contributed by atoms with E-state index in [2.05, 4.69) is 0 Å². The number of alkyl halides is 2. The van der Waals surface area contributed by atoms with Crippen molar-refractivity contribution in [1.82, 2.24) is 0 Å². The second kappa shape index (κ2) is 10.1. The molecule has 0 amide bonds. The lowest BCUT2D eigenvalue weighted by Gasteiger charge is -2.25. The zero-order chi connectivity index (χ0) is 18.8. The maximum Gasteiger partial charge on any atom is 0.330 e. The molecule has 0 aliphatic carbocycles. The number of halogens is 2. The van der Waals surface area contributed by atoms with E-state index in [1.54, 1.807) is 12.1 Å². The number of carbonyl (C=O) groups is 1. The van der Waals surface area contributed by atoms with Crippen LogP contribution in [0.4, 0.5) is 8.78 Å². The number of Topliss-reactive ketones (excluding diaryl/α,β-unsaturated/α-hetero) is 1. The highest BCUT2D eigenvalue weighted by Gasteiger charge is 2.44. The van der Waals surface area contributed by atoms with Crippen LogP contribution in [0.3, 0.4) is 0 Å². The van der Waals surface area contributed by atoms with Crippen LogP contribution in [0.5, 0.6) is 0 Å². The van der Waals surface area contributed by atoms with Crippen molar-refractivity contribution in [2.45, 2.75) is 45.0 Å². The molecule has 0 radical (unpaired) electrons. The van der Waals surface area contributed by atoms with E-state index in [4.69, 9.17) is 9.47 Å². The third-order valence-corrected chi connectivity index (χ3v) is 4.03. The van der Waals surface area contributed by atoms with Gasteiger partial charge in [0.15, 0.2) is 0 Å². The smallest absolute Gasteiger partial charge is 0.330 e. The summed E-state index contributed by atoms with van der Waals surface area (Å²) in [5.74, 6) is -4.69. The molecule has 0 spiro atoms. The molecule has 1 atom stereocenters. The number of hydrogen-bond acceptors (Lipinski definition) is 3. The first-order valence-corrected chi connectivity index (χ1v) is 8.66. The van der Waals surface area contributed by atoms with E-state index in [0.29, 0.717) is 19.6 Å². The molecule has 0 N–H and O–H groups in total. The van der Waals surface area contributed by atoms with Crippen LogP contribution < -0.4 is 0 Å². The number of carbonyl (C=O) groups excluding carboxylic acids is 1. The Hall–Kier alpha value is -2.11. The number of hydrogen-bond donors (Lipinski definition) is 0. The van der Waals surface area contributed by atoms with Gasteiger partial charge in [0.1, 0.15) is 6.10 Å². The van der Waals surface area contributed by atoms with Crippen molar-refractivity contribution in [3.8, 4) is 0 Å². The van der Waals surface area contributed by atoms with Gasteiger partial charge in [-0.1, -0.05) is 60.7 Å². The average molecular weight is 362 g/mol. The summed E-state index contributed by atoms with van der Waals surface area (Å²) < 4.78 is 39.3. The van der Waals surface area contributed by atoms with Gasteiger partial charge in [-0.05, 0) is 24.0 Å². The van der Waals surface area contributed by atoms with Gasteiger partial charge in [0.2, 0.25) is 5.78 Å². The standard InChI is InChI=1S/C21H24F2O3/c1-17(24)21(22,23)20(26-16-19-11-6-3-7-12-19)13-8-14-25-15-18-9-4-2-5-10-18/h2-7,9-12,20H,8,13-16H2,1H3. The molecule has 140 valence electrons. The Morgan fingerprint density at radius 2 is 1.50 bits per heavy atom. The summed E-state index contributed by atoms with van der Waals surface area (Å²) in [6, 6.07) is 18.7. The minimum atomic E-state index is -3.51. The van der Waals surface area contributed by atoms with E-state index in [9.17, 15) is 13.6 Å². The largest absolute Gasteiger partial charge is 0.377 e. The van der Waals surface area contributed by atoms with E-state index < -0.39 is 17.8 Å². The fourth-order valence-corrected chi connectivity index (χ4v) is 2.50. The summed E-state index contributed by atoms with van der Waals surface area (Å²) in [7, 11) is 0. The predicted octanol–water partition coefficient (Wildman–Crippen LogP) is 4.79. The third-order valence-electron chi connectivity index (χ3n) is 4.03. The molecule has 0 heterocycles. The molecule has 2 aromatic carbocycles. The average Bonchev–Trinajstić information content (AvgIpc) is 2.65. The van der Waals surface area contributed by atoms with Gasteiger partial charge in [-0.25, -0.2) is 0 Å². The fraction of sp³-hybridized carbons (Fsp3) is 0.381. The minimum absolute atomic E-state index is 0.0409. The molecule has 0 aliphatic heterocycles. The van der Waals surface area contributed by atoms with Crippen LogP contribution in [0.15, 0.2) is 60.7 Å². The molecule has 0 aromatic heterocycles. The second-order valence-electron chi connectivity index (χ2n) is 6.14. The maximum atomic E-state index is 14.2. The van der Waals surface area contributed by atoms with Crippen LogP contribution in [0.1, 0.15) is 30.9 Å². The number of ether oxygens (including phenoxy) is 2. The van der Waals surface area contributed by atoms with Crippen molar-refractivity contribution in [3.63, 3.8) is 0 Å². The van der Waals surface area contributed by atoms with Crippen molar-refractivity contribution in [1.29, 1.82) is 0 Å². The van der Waals surface area contributed by atoms with Crippen molar-refractivity contribution in [2.24, 2.45) is 0 Å². The molecule has 0 bridgehead atoms. The maximum absolute atomic E-state index is 14.2. The monoisotopic (exact) mass is 362 g/mol. The Balaban J connectivity index is 1.82. The van der Waals surface area contributed by atoms with E-state index in [0.717, 1.165) is 18.1 Å². The Kier molecular flexibility index (Phi) is 7.88. The molecule has 3 nitrogen and oxygen atoms in total. The normalized spacial score (nSPS) is 12.7. The molecule has 0 fully saturated rings. The van der Waals surface area contributed by atoms with Crippen LogP contribution in [-0.4, -0.2) is 24.4 Å². The van der Waals surface area contributed by atoms with Crippen LogP contribution in [0.25, 0.3) is 0 Å². The zero-order valence-corrected chi connectivity index (χ0v) is 14.9. The van der Waals surface area contributed by atoms with Gasteiger partial charge in [-0.15, -0.1) is 0 Å². The Morgan fingerprint density at radius 3 is 2.04 bits per heavy atom. The molecule has 0 aliphatic rings. The van der Waals surface area contributed by atoms with Gasteiger partial charge in [0.05, 0.1) is 13.2 Å². The number of rotatable bonds is 11. The Morgan fingerprint density at radius 1 is 0.962 bits per heavy atom. The van der Waals surface area contributed by atoms with Crippen molar-refractivity contribution < 1.29 is 23.0 Å². The minimum Gasteiger partial charge on any atom is -0.377 e. The summed E-state index contributed by atoms with van der Waals surface area (Å²) in [6.07, 6.45) is -1.02. The molecule has 26 heavy (non-hydrogen) atoms. The van der Waals surface area contributed by atoms with E-state index in [1.165, 1.54) is 0 Å². The van der Waals surface area contributed by atoms with E-state index in [-0.39, 0.29) is 13.0 Å². The van der Waals surface area contributed by atoms with Gasteiger partial charge >= 0.3 is 5.92 Å². The SMILES string of the molecule is CC(=O)C(F)(F)C(CCCOCc1ccccc1)OCc1ccccc1. The zero-order valence-electron chi connectivity index (χ0n) is 14.9. The molecule has 0 saturated heterocycles. The van der Waals surface area contributed by atoms with Crippen molar-refractivity contribution in [3.05, 3.63) is 71.8 Å². The summed E-state index contributed by atoms with van der Waals surface area (Å²) in [6.45, 7) is 1.69. The van der Waals surface area contributed by atoms with Crippen molar-refractivity contribution in [2.75, 3.05) is 6.61 Å². The highest BCUT2D eigenvalue weighted by atomic mass is 19.3. The van der Waals surface area contributed by atoms with Gasteiger partial charge in [0, 0.05) is 13.5 Å². The van der Waals surface area contributed by atoms with Gasteiger partial charge < -0.3 is 9.47 Å². The summed E-state index contributed by atoms with van der Waals surface area (Å²) in [5, 5.41) is 0.